The smallest absolute Gasteiger partial charge is 0.293 e. The summed E-state index contributed by atoms with van der Waals surface area (Å²) in [6, 6.07) is 11.5. The summed E-state index contributed by atoms with van der Waals surface area (Å²) in [6.45, 7) is 1.99. The minimum atomic E-state index is 0.348. The molecule has 4 aromatic rings. The van der Waals surface area contributed by atoms with E-state index in [0.717, 1.165) is 21.8 Å². The molecule has 3 aromatic heterocycles. The molecule has 1 aromatic carbocycles. The van der Waals surface area contributed by atoms with Gasteiger partial charge in [0.2, 0.25) is 5.82 Å². The molecule has 0 saturated heterocycles. The Labute approximate surface area is 144 Å². The molecule has 0 aliphatic heterocycles. The summed E-state index contributed by atoms with van der Waals surface area (Å²) < 4.78 is 11.3. The number of thiazole rings is 1. The van der Waals surface area contributed by atoms with E-state index in [4.69, 9.17) is 8.94 Å². The van der Waals surface area contributed by atoms with Crippen molar-refractivity contribution in [1.29, 1.82) is 0 Å². The van der Waals surface area contributed by atoms with Gasteiger partial charge in [0.25, 0.3) is 5.89 Å². The van der Waals surface area contributed by atoms with Crippen LogP contribution in [-0.2, 0) is 0 Å². The summed E-state index contributed by atoms with van der Waals surface area (Å²) in [5.74, 6) is 1.39. The molecule has 0 aliphatic rings. The molecule has 5 nitrogen and oxygen atoms in total. The van der Waals surface area contributed by atoms with Crippen LogP contribution in [0.15, 0.2) is 55.4 Å². The number of nitrogens with zero attached hydrogens (tertiary/aromatic N) is 3. The van der Waals surface area contributed by atoms with Crippen molar-refractivity contribution in [1.82, 2.24) is 15.1 Å². The molecule has 0 atom stereocenters. The number of hydrogen-bond acceptors (Lipinski definition) is 6. The molecule has 114 valence electrons. The molecule has 7 heteroatoms. The van der Waals surface area contributed by atoms with Gasteiger partial charge < -0.3 is 8.94 Å². The average molecular weight is 388 g/mol. The van der Waals surface area contributed by atoms with Gasteiger partial charge in [0.1, 0.15) is 0 Å². The lowest BCUT2D eigenvalue weighted by Gasteiger charge is -1.99. The predicted molar refractivity (Wildman–Crippen MR) is 91.0 cm³/mol. The van der Waals surface area contributed by atoms with Gasteiger partial charge in [-0.2, -0.15) is 4.98 Å². The molecule has 0 spiro atoms. The van der Waals surface area contributed by atoms with Crippen molar-refractivity contribution in [2.45, 2.75) is 6.92 Å². The van der Waals surface area contributed by atoms with Crippen molar-refractivity contribution >= 4 is 27.3 Å². The van der Waals surface area contributed by atoms with Crippen molar-refractivity contribution in [3.05, 3.63) is 51.5 Å². The molecule has 0 N–H and O–H groups in total. The largest absolute Gasteiger partial charge is 0.444 e. The van der Waals surface area contributed by atoms with Gasteiger partial charge in [-0.25, -0.2) is 4.98 Å². The third-order valence-corrected chi connectivity index (χ3v) is 4.45. The monoisotopic (exact) mass is 387 g/mol. The molecule has 0 unspecified atom stereocenters. The molecule has 0 saturated carbocycles. The molecule has 23 heavy (non-hydrogen) atoms. The van der Waals surface area contributed by atoms with Gasteiger partial charge in [-0.1, -0.05) is 23.4 Å². The van der Waals surface area contributed by atoms with Crippen LogP contribution in [0, 0.1) is 6.92 Å². The van der Waals surface area contributed by atoms with E-state index < -0.39 is 0 Å². The van der Waals surface area contributed by atoms with Gasteiger partial charge in [-0.05, 0) is 41.1 Å². The average Bonchev–Trinajstić information content (AvgIpc) is 3.27. The second kappa shape index (κ2) is 5.75. The first-order valence-corrected chi connectivity index (χ1v) is 8.49. The number of furan rings is 1. The second-order valence-electron chi connectivity index (χ2n) is 4.86. The third-order valence-electron chi connectivity index (χ3n) is 3.25. The van der Waals surface area contributed by atoms with Crippen LogP contribution in [0.5, 0.6) is 0 Å². The normalized spacial score (nSPS) is 11.0. The Morgan fingerprint density at radius 3 is 2.70 bits per heavy atom. The first-order chi connectivity index (χ1) is 11.2. The summed E-state index contributed by atoms with van der Waals surface area (Å²) in [4.78, 5) is 8.90. The SMILES string of the molecule is Cc1nc(-c2cccc(-c3noc(-c4ccc(Br)o4)n3)c2)cs1. The van der Waals surface area contributed by atoms with E-state index in [1.807, 2.05) is 36.6 Å². The van der Waals surface area contributed by atoms with Gasteiger partial charge in [-0.3, -0.25) is 0 Å². The number of halogens is 1. The van der Waals surface area contributed by atoms with Gasteiger partial charge >= 0.3 is 0 Å². The van der Waals surface area contributed by atoms with E-state index in [0.29, 0.717) is 22.1 Å². The predicted octanol–water partition coefficient (Wildman–Crippen LogP) is 5.19. The number of hydrogen-bond donors (Lipinski definition) is 0. The van der Waals surface area contributed by atoms with Crippen molar-refractivity contribution in [2.24, 2.45) is 0 Å². The lowest BCUT2D eigenvalue weighted by atomic mass is 10.1. The van der Waals surface area contributed by atoms with Crippen molar-refractivity contribution in [3.8, 4) is 34.3 Å². The van der Waals surface area contributed by atoms with E-state index in [9.17, 15) is 0 Å². The van der Waals surface area contributed by atoms with Crippen LogP contribution in [0.4, 0.5) is 0 Å². The molecule has 0 amide bonds. The molecule has 0 radical (unpaired) electrons. The highest BCUT2D eigenvalue weighted by atomic mass is 79.9. The quantitative estimate of drug-likeness (QED) is 0.483. The molecular weight excluding hydrogens is 378 g/mol. The van der Waals surface area contributed by atoms with Gasteiger partial charge in [0.15, 0.2) is 10.4 Å². The number of aromatic nitrogens is 3. The molecular formula is C16H10BrN3O2S. The second-order valence-corrected chi connectivity index (χ2v) is 6.70. The Hall–Kier alpha value is -2.25. The zero-order chi connectivity index (χ0) is 15.8. The van der Waals surface area contributed by atoms with E-state index >= 15 is 0 Å². The summed E-state index contributed by atoms with van der Waals surface area (Å²) in [7, 11) is 0. The first-order valence-electron chi connectivity index (χ1n) is 6.81. The van der Waals surface area contributed by atoms with Crippen LogP contribution in [-0.4, -0.2) is 15.1 Å². The highest BCUT2D eigenvalue weighted by molar-refractivity contribution is 9.10. The Bertz CT molecular complexity index is 973. The first kappa shape index (κ1) is 14.3. The number of rotatable bonds is 3. The third kappa shape index (κ3) is 2.85. The van der Waals surface area contributed by atoms with Gasteiger partial charge in [0, 0.05) is 16.5 Å². The number of aryl methyl sites for hydroxylation is 1. The standard InChI is InChI=1S/C16H10BrN3O2S/c1-9-18-12(8-23-9)10-3-2-4-11(7-10)15-19-16(22-20-15)13-5-6-14(17)21-13/h2-8H,1H3. The highest BCUT2D eigenvalue weighted by Gasteiger charge is 2.14. The zero-order valence-corrected chi connectivity index (χ0v) is 14.4. The van der Waals surface area contributed by atoms with Crippen LogP contribution in [0.25, 0.3) is 34.3 Å². The van der Waals surface area contributed by atoms with Crippen LogP contribution >= 0.6 is 27.3 Å². The molecule has 4 rings (SSSR count). The van der Waals surface area contributed by atoms with E-state index in [2.05, 4.69) is 31.1 Å². The zero-order valence-electron chi connectivity index (χ0n) is 12.0. The van der Waals surface area contributed by atoms with Crippen LogP contribution in [0.3, 0.4) is 0 Å². The van der Waals surface area contributed by atoms with E-state index in [1.54, 1.807) is 23.5 Å². The Morgan fingerprint density at radius 1 is 1.09 bits per heavy atom. The topological polar surface area (TPSA) is 65.0 Å². The Balaban J connectivity index is 1.70. The van der Waals surface area contributed by atoms with Gasteiger partial charge in [-0.15, -0.1) is 11.3 Å². The minimum absolute atomic E-state index is 0.348. The Morgan fingerprint density at radius 2 is 1.96 bits per heavy atom. The summed E-state index contributed by atoms with van der Waals surface area (Å²) in [5, 5.41) is 7.11. The van der Waals surface area contributed by atoms with Crippen molar-refractivity contribution in [3.63, 3.8) is 0 Å². The summed E-state index contributed by atoms with van der Waals surface area (Å²) in [5.41, 5.74) is 2.85. The lowest BCUT2D eigenvalue weighted by Crippen LogP contribution is -1.84. The van der Waals surface area contributed by atoms with Crippen LogP contribution in [0.2, 0.25) is 0 Å². The Kier molecular flexibility index (Phi) is 3.59. The maximum Gasteiger partial charge on any atom is 0.293 e. The maximum absolute atomic E-state index is 5.43. The molecule has 0 aliphatic carbocycles. The molecule has 0 bridgehead atoms. The van der Waals surface area contributed by atoms with E-state index in [-0.39, 0.29) is 0 Å². The molecule has 3 heterocycles. The molecule has 0 fully saturated rings. The minimum Gasteiger partial charge on any atom is -0.444 e. The lowest BCUT2D eigenvalue weighted by molar-refractivity contribution is 0.414. The van der Waals surface area contributed by atoms with Crippen LogP contribution in [0.1, 0.15) is 5.01 Å². The summed E-state index contributed by atoms with van der Waals surface area (Å²) >= 11 is 4.88. The van der Waals surface area contributed by atoms with E-state index in [1.165, 1.54) is 0 Å². The number of benzene rings is 1. The van der Waals surface area contributed by atoms with Crippen molar-refractivity contribution < 1.29 is 8.94 Å². The highest BCUT2D eigenvalue weighted by Crippen LogP contribution is 2.28. The van der Waals surface area contributed by atoms with Crippen molar-refractivity contribution in [2.75, 3.05) is 0 Å². The fraction of sp³-hybridized carbons (Fsp3) is 0.0625. The fourth-order valence-corrected chi connectivity index (χ4v) is 3.11. The fourth-order valence-electron chi connectivity index (χ4n) is 2.18. The maximum atomic E-state index is 5.43. The summed E-state index contributed by atoms with van der Waals surface area (Å²) in [6.07, 6.45) is 0. The van der Waals surface area contributed by atoms with Gasteiger partial charge in [0.05, 0.1) is 10.7 Å². The van der Waals surface area contributed by atoms with Crippen LogP contribution < -0.4 is 0 Å².